The lowest BCUT2D eigenvalue weighted by molar-refractivity contribution is 1.02. The van der Waals surface area contributed by atoms with Crippen molar-refractivity contribution in [2.75, 3.05) is 12.3 Å². The number of hydrogen-bond donors (Lipinski definition) is 0. The maximum atomic E-state index is 4.28. The molecule has 1 aromatic rings. The van der Waals surface area contributed by atoms with Gasteiger partial charge in [-0.15, -0.1) is 16.9 Å². The van der Waals surface area contributed by atoms with Crippen LogP contribution in [-0.2, 0) is 0 Å². The fourth-order valence-corrected chi connectivity index (χ4v) is 1.72. The molecule has 0 atom stereocenters. The summed E-state index contributed by atoms with van der Waals surface area (Å²) in [6.45, 7) is 0.913. The lowest BCUT2D eigenvalue weighted by Gasteiger charge is -1.94. The van der Waals surface area contributed by atoms with E-state index in [2.05, 4.69) is 15.2 Å². The Morgan fingerprint density at radius 1 is 1.45 bits per heavy atom. The molecule has 3 nitrogen and oxygen atoms in total. The highest BCUT2D eigenvalue weighted by Gasteiger charge is 2.09. The van der Waals surface area contributed by atoms with Crippen LogP contribution >= 0.6 is 11.8 Å². The van der Waals surface area contributed by atoms with Gasteiger partial charge in [0.2, 0.25) is 0 Å². The minimum Gasteiger partial charge on any atom is -0.275 e. The van der Waals surface area contributed by atoms with Gasteiger partial charge in [-0.05, 0) is 12.1 Å². The number of nitrogens with zero attached hydrogens (tertiary/aromatic N) is 3. The summed E-state index contributed by atoms with van der Waals surface area (Å²) in [6.07, 6.45) is 1.67. The SMILES string of the molecule is c1cnnc(C2=NCCS2)c1. The van der Waals surface area contributed by atoms with Crippen molar-refractivity contribution in [3.8, 4) is 0 Å². The molecule has 0 aromatic carbocycles. The topological polar surface area (TPSA) is 38.1 Å². The molecule has 0 fully saturated rings. The van der Waals surface area contributed by atoms with E-state index in [-0.39, 0.29) is 0 Å². The van der Waals surface area contributed by atoms with Crippen LogP contribution in [0.5, 0.6) is 0 Å². The highest BCUT2D eigenvalue weighted by atomic mass is 32.2. The largest absolute Gasteiger partial charge is 0.275 e. The molecule has 1 aliphatic heterocycles. The van der Waals surface area contributed by atoms with Crippen LogP contribution in [0.4, 0.5) is 0 Å². The van der Waals surface area contributed by atoms with E-state index < -0.39 is 0 Å². The van der Waals surface area contributed by atoms with Crippen molar-refractivity contribution in [2.45, 2.75) is 0 Å². The monoisotopic (exact) mass is 165 g/mol. The maximum Gasteiger partial charge on any atom is 0.118 e. The predicted octanol–water partition coefficient (Wildman–Crippen LogP) is 0.970. The normalized spacial score (nSPS) is 16.5. The first-order valence-electron chi connectivity index (χ1n) is 3.42. The van der Waals surface area contributed by atoms with Gasteiger partial charge in [0.15, 0.2) is 0 Å². The van der Waals surface area contributed by atoms with E-state index in [9.17, 15) is 0 Å². The van der Waals surface area contributed by atoms with E-state index >= 15 is 0 Å². The molecule has 2 rings (SSSR count). The summed E-state index contributed by atoms with van der Waals surface area (Å²) in [5.74, 6) is 1.08. The van der Waals surface area contributed by atoms with E-state index in [0.29, 0.717) is 0 Å². The molecule has 0 bridgehead atoms. The molecule has 1 aromatic heterocycles. The molecule has 4 heteroatoms. The highest BCUT2D eigenvalue weighted by molar-refractivity contribution is 8.14. The van der Waals surface area contributed by atoms with Crippen LogP contribution in [0.2, 0.25) is 0 Å². The van der Waals surface area contributed by atoms with Gasteiger partial charge in [-0.2, -0.15) is 5.10 Å². The van der Waals surface area contributed by atoms with Gasteiger partial charge in [0.25, 0.3) is 0 Å². The molecule has 0 saturated carbocycles. The van der Waals surface area contributed by atoms with Crippen molar-refractivity contribution in [2.24, 2.45) is 4.99 Å². The smallest absolute Gasteiger partial charge is 0.118 e. The Bertz CT molecular complexity index is 270. The van der Waals surface area contributed by atoms with Crippen LogP contribution in [0.1, 0.15) is 5.69 Å². The molecule has 0 amide bonds. The minimum absolute atomic E-state index is 0.898. The van der Waals surface area contributed by atoms with Gasteiger partial charge in [-0.25, -0.2) is 0 Å². The van der Waals surface area contributed by atoms with Crippen molar-refractivity contribution in [3.63, 3.8) is 0 Å². The summed E-state index contributed by atoms with van der Waals surface area (Å²) in [6, 6.07) is 3.81. The number of thioether (sulfide) groups is 1. The summed E-state index contributed by atoms with van der Waals surface area (Å²) < 4.78 is 0. The summed E-state index contributed by atoms with van der Waals surface area (Å²) in [7, 11) is 0. The third kappa shape index (κ3) is 1.40. The average molecular weight is 165 g/mol. The zero-order valence-corrected chi connectivity index (χ0v) is 6.71. The van der Waals surface area contributed by atoms with Crippen LogP contribution < -0.4 is 0 Å². The average Bonchev–Trinajstić information content (AvgIpc) is 2.58. The maximum absolute atomic E-state index is 4.28. The standard InChI is InChI=1S/C7H7N3S/c1-2-6(10-9-3-1)7-8-4-5-11-7/h1-3H,4-5H2. The predicted molar refractivity (Wildman–Crippen MR) is 45.9 cm³/mol. The van der Waals surface area contributed by atoms with Crippen LogP contribution in [-0.4, -0.2) is 27.5 Å². The quantitative estimate of drug-likeness (QED) is 0.622. The fourth-order valence-electron chi connectivity index (χ4n) is 0.906. The number of aromatic nitrogens is 2. The fraction of sp³-hybridized carbons (Fsp3) is 0.286. The molecule has 0 unspecified atom stereocenters. The third-order valence-electron chi connectivity index (χ3n) is 1.38. The number of hydrogen-bond acceptors (Lipinski definition) is 4. The van der Waals surface area contributed by atoms with Crippen molar-refractivity contribution in [1.29, 1.82) is 0 Å². The molecule has 0 N–H and O–H groups in total. The van der Waals surface area contributed by atoms with E-state index in [4.69, 9.17) is 0 Å². The molecule has 0 radical (unpaired) electrons. The number of rotatable bonds is 1. The molecule has 11 heavy (non-hydrogen) atoms. The van der Waals surface area contributed by atoms with Gasteiger partial charge in [-0.1, -0.05) is 0 Å². The van der Waals surface area contributed by atoms with Crippen LogP contribution in [0, 0.1) is 0 Å². The second kappa shape index (κ2) is 3.00. The third-order valence-corrected chi connectivity index (χ3v) is 2.38. The lowest BCUT2D eigenvalue weighted by atomic mass is 10.4. The molecule has 0 spiro atoms. The first-order valence-corrected chi connectivity index (χ1v) is 4.41. The lowest BCUT2D eigenvalue weighted by Crippen LogP contribution is -1.96. The Balaban J connectivity index is 2.29. The van der Waals surface area contributed by atoms with Crippen molar-refractivity contribution in [1.82, 2.24) is 10.2 Å². The Morgan fingerprint density at radius 3 is 3.09 bits per heavy atom. The summed E-state index contributed by atoms with van der Waals surface area (Å²) >= 11 is 1.74. The van der Waals surface area contributed by atoms with E-state index in [1.54, 1.807) is 18.0 Å². The molecular weight excluding hydrogens is 158 g/mol. The summed E-state index contributed by atoms with van der Waals surface area (Å²) in [5, 5.41) is 8.77. The zero-order chi connectivity index (χ0) is 7.52. The highest BCUT2D eigenvalue weighted by Crippen LogP contribution is 2.16. The van der Waals surface area contributed by atoms with Gasteiger partial charge >= 0.3 is 0 Å². The van der Waals surface area contributed by atoms with Gasteiger partial charge in [-0.3, -0.25) is 4.99 Å². The van der Waals surface area contributed by atoms with E-state index in [1.807, 2.05) is 12.1 Å². The molecule has 2 heterocycles. The van der Waals surface area contributed by atoms with Gasteiger partial charge < -0.3 is 0 Å². The van der Waals surface area contributed by atoms with Gasteiger partial charge in [0, 0.05) is 18.5 Å². The second-order valence-electron chi connectivity index (χ2n) is 2.14. The molecule has 56 valence electrons. The molecule has 0 saturated heterocycles. The second-order valence-corrected chi connectivity index (χ2v) is 3.23. The van der Waals surface area contributed by atoms with Crippen molar-refractivity contribution in [3.05, 3.63) is 24.0 Å². The van der Waals surface area contributed by atoms with E-state index in [1.165, 1.54) is 0 Å². The Hall–Kier alpha value is -0.900. The van der Waals surface area contributed by atoms with E-state index in [0.717, 1.165) is 23.0 Å². The first kappa shape index (κ1) is 6.79. The van der Waals surface area contributed by atoms with Crippen LogP contribution in [0.3, 0.4) is 0 Å². The zero-order valence-electron chi connectivity index (χ0n) is 5.90. The molecule has 1 aliphatic rings. The minimum atomic E-state index is 0.898. The first-order chi connectivity index (χ1) is 5.47. The van der Waals surface area contributed by atoms with Crippen LogP contribution in [0.25, 0.3) is 0 Å². The molecular formula is C7H7N3S. The van der Waals surface area contributed by atoms with Crippen molar-refractivity contribution >= 4 is 16.8 Å². The van der Waals surface area contributed by atoms with Crippen LogP contribution in [0.15, 0.2) is 23.3 Å². The Morgan fingerprint density at radius 2 is 2.45 bits per heavy atom. The number of aliphatic imine (C=N–C) groups is 1. The van der Waals surface area contributed by atoms with Crippen molar-refractivity contribution < 1.29 is 0 Å². The molecule has 0 aliphatic carbocycles. The summed E-state index contributed by atoms with van der Waals surface area (Å²) in [5.41, 5.74) is 0.898. The Labute approximate surface area is 68.9 Å². The Kier molecular flexibility index (Phi) is 1.85. The summed E-state index contributed by atoms with van der Waals surface area (Å²) in [4.78, 5) is 4.28. The van der Waals surface area contributed by atoms with Gasteiger partial charge in [0.05, 0.1) is 0 Å². The van der Waals surface area contributed by atoms with Gasteiger partial charge in [0.1, 0.15) is 10.7 Å².